The van der Waals surface area contributed by atoms with Crippen LogP contribution in [0.25, 0.3) is 27.8 Å². The van der Waals surface area contributed by atoms with E-state index < -0.39 is 0 Å². The summed E-state index contributed by atoms with van der Waals surface area (Å²) < 4.78 is 3.57. The second-order valence-electron chi connectivity index (χ2n) is 9.02. The van der Waals surface area contributed by atoms with Crippen LogP contribution in [0.4, 0.5) is 5.69 Å². The van der Waals surface area contributed by atoms with E-state index in [0.717, 1.165) is 28.8 Å². The first kappa shape index (κ1) is 23.8. The number of para-hydroxylation sites is 2. The molecule has 0 atom stereocenters. The fourth-order valence-electron chi connectivity index (χ4n) is 4.19. The molecule has 2 aromatic heterocycles. The Labute approximate surface area is 213 Å². The highest BCUT2D eigenvalue weighted by molar-refractivity contribution is 7.99. The van der Waals surface area contributed by atoms with Crippen LogP contribution in [0.5, 0.6) is 0 Å². The van der Waals surface area contributed by atoms with Gasteiger partial charge in [-0.3, -0.25) is 18.6 Å². The van der Waals surface area contributed by atoms with Gasteiger partial charge in [0.2, 0.25) is 11.7 Å². The van der Waals surface area contributed by atoms with Gasteiger partial charge in [0.05, 0.1) is 16.7 Å². The van der Waals surface area contributed by atoms with E-state index >= 15 is 0 Å². The summed E-state index contributed by atoms with van der Waals surface area (Å²) in [5.74, 6) is 0.959. The van der Waals surface area contributed by atoms with Crippen LogP contribution in [-0.2, 0) is 11.3 Å². The molecule has 2 heterocycles. The van der Waals surface area contributed by atoms with E-state index in [4.69, 9.17) is 0 Å². The van der Waals surface area contributed by atoms with Gasteiger partial charge in [-0.25, -0.2) is 0 Å². The van der Waals surface area contributed by atoms with Gasteiger partial charge in [0, 0.05) is 17.8 Å². The Kier molecular flexibility index (Phi) is 6.86. The molecular formula is C28H27N5O2S. The highest BCUT2D eigenvalue weighted by Gasteiger charge is 2.18. The molecule has 1 N–H and O–H groups in total. The van der Waals surface area contributed by atoms with E-state index in [1.807, 2.05) is 83.3 Å². The summed E-state index contributed by atoms with van der Waals surface area (Å²) in [6.45, 7) is 4.82. The number of thioether (sulfide) groups is 1. The largest absolute Gasteiger partial charge is 0.325 e. The lowest BCUT2D eigenvalue weighted by atomic mass is 10.0. The van der Waals surface area contributed by atoms with Crippen molar-refractivity contribution < 1.29 is 4.79 Å². The molecule has 0 aliphatic rings. The molecule has 0 bridgehead atoms. The van der Waals surface area contributed by atoms with Gasteiger partial charge < -0.3 is 5.32 Å². The van der Waals surface area contributed by atoms with Crippen molar-refractivity contribution >= 4 is 40.0 Å². The van der Waals surface area contributed by atoms with Gasteiger partial charge in [-0.1, -0.05) is 86.3 Å². The Morgan fingerprint density at radius 1 is 0.944 bits per heavy atom. The fraction of sp³-hybridized carbons (Fsp3) is 0.214. The van der Waals surface area contributed by atoms with Crippen LogP contribution in [0.1, 0.15) is 20.3 Å². The summed E-state index contributed by atoms with van der Waals surface area (Å²) >= 11 is 1.30. The predicted octanol–water partition coefficient (Wildman–Crippen LogP) is 5.49. The van der Waals surface area contributed by atoms with Crippen LogP contribution >= 0.6 is 11.8 Å². The van der Waals surface area contributed by atoms with Crippen molar-refractivity contribution in [1.82, 2.24) is 19.2 Å². The molecule has 0 saturated heterocycles. The number of aryl methyl sites for hydroxylation is 1. The van der Waals surface area contributed by atoms with Crippen molar-refractivity contribution in [2.24, 2.45) is 5.92 Å². The molecule has 182 valence electrons. The third-order valence-corrected chi connectivity index (χ3v) is 6.96. The number of anilines is 1. The molecule has 8 heteroatoms. The number of nitrogens with zero attached hydrogens (tertiary/aromatic N) is 4. The van der Waals surface area contributed by atoms with Gasteiger partial charge >= 0.3 is 0 Å². The smallest absolute Gasteiger partial charge is 0.262 e. The molecule has 0 aliphatic carbocycles. The first-order valence-corrected chi connectivity index (χ1v) is 13.0. The number of carbonyl (C=O) groups is 1. The first-order chi connectivity index (χ1) is 17.5. The lowest BCUT2D eigenvalue weighted by Crippen LogP contribution is -2.24. The Morgan fingerprint density at radius 3 is 2.47 bits per heavy atom. The normalized spacial score (nSPS) is 11.4. The van der Waals surface area contributed by atoms with E-state index in [1.165, 1.54) is 11.8 Å². The van der Waals surface area contributed by atoms with Gasteiger partial charge in [-0.05, 0) is 36.1 Å². The number of hydrogen-bond donors (Lipinski definition) is 1. The van der Waals surface area contributed by atoms with Crippen LogP contribution in [0.3, 0.4) is 0 Å². The molecule has 3 aromatic carbocycles. The van der Waals surface area contributed by atoms with E-state index in [-0.39, 0.29) is 17.2 Å². The minimum atomic E-state index is -0.141. The molecule has 7 nitrogen and oxygen atoms in total. The summed E-state index contributed by atoms with van der Waals surface area (Å²) in [6, 6.07) is 25.2. The van der Waals surface area contributed by atoms with Crippen LogP contribution < -0.4 is 10.9 Å². The van der Waals surface area contributed by atoms with Gasteiger partial charge in [0.1, 0.15) is 0 Å². The second kappa shape index (κ2) is 10.4. The molecule has 1 amide bonds. The lowest BCUT2D eigenvalue weighted by Gasteiger charge is -2.13. The maximum absolute atomic E-state index is 13.2. The second-order valence-corrected chi connectivity index (χ2v) is 9.97. The molecule has 5 aromatic rings. The molecule has 0 spiro atoms. The van der Waals surface area contributed by atoms with Crippen molar-refractivity contribution in [3.05, 3.63) is 89.2 Å². The van der Waals surface area contributed by atoms with Crippen molar-refractivity contribution in [2.45, 2.75) is 32.0 Å². The molecular weight excluding hydrogens is 470 g/mol. The number of benzene rings is 3. The Balaban J connectivity index is 1.42. The quantitative estimate of drug-likeness (QED) is 0.287. The lowest BCUT2D eigenvalue weighted by molar-refractivity contribution is -0.113. The summed E-state index contributed by atoms with van der Waals surface area (Å²) in [4.78, 5) is 26.1. The van der Waals surface area contributed by atoms with Crippen molar-refractivity contribution in [3.63, 3.8) is 0 Å². The third kappa shape index (κ3) is 4.77. The van der Waals surface area contributed by atoms with Gasteiger partial charge in [-0.15, -0.1) is 10.2 Å². The third-order valence-electron chi connectivity index (χ3n) is 6.03. The van der Waals surface area contributed by atoms with Gasteiger partial charge in [0.25, 0.3) is 5.56 Å². The maximum Gasteiger partial charge on any atom is 0.262 e. The van der Waals surface area contributed by atoms with Gasteiger partial charge in [0.15, 0.2) is 5.16 Å². The molecule has 0 unspecified atom stereocenters. The molecule has 0 fully saturated rings. The zero-order chi connectivity index (χ0) is 25.1. The Bertz CT molecular complexity index is 1590. The van der Waals surface area contributed by atoms with Crippen molar-refractivity contribution in [2.75, 3.05) is 11.1 Å². The topological polar surface area (TPSA) is 81.3 Å². The van der Waals surface area contributed by atoms with Gasteiger partial charge in [-0.2, -0.15) is 0 Å². The zero-order valence-electron chi connectivity index (χ0n) is 20.2. The number of rotatable bonds is 8. The summed E-state index contributed by atoms with van der Waals surface area (Å²) in [5, 5.41) is 12.9. The minimum Gasteiger partial charge on any atom is -0.325 e. The van der Waals surface area contributed by atoms with Crippen LogP contribution in [0, 0.1) is 5.92 Å². The van der Waals surface area contributed by atoms with Crippen molar-refractivity contribution in [1.29, 1.82) is 0 Å². The Hall–Kier alpha value is -3.91. The number of aromatic nitrogens is 4. The number of amides is 1. The molecule has 0 aliphatic heterocycles. The summed E-state index contributed by atoms with van der Waals surface area (Å²) in [5.41, 5.74) is 3.42. The van der Waals surface area contributed by atoms with Crippen molar-refractivity contribution in [3.8, 4) is 11.1 Å². The van der Waals surface area contributed by atoms with E-state index in [9.17, 15) is 9.59 Å². The highest BCUT2D eigenvalue weighted by Crippen LogP contribution is 2.28. The number of nitrogens with one attached hydrogen (secondary N) is 1. The summed E-state index contributed by atoms with van der Waals surface area (Å²) in [6.07, 6.45) is 0.854. The first-order valence-electron chi connectivity index (χ1n) is 12.0. The SMILES string of the molecule is CC(C)CCn1c(=O)c2ccccc2n2c(SCC(=O)Nc3ccccc3-c3ccccc3)nnc12. The maximum atomic E-state index is 13.2. The predicted molar refractivity (Wildman–Crippen MR) is 145 cm³/mol. The molecule has 0 radical (unpaired) electrons. The minimum absolute atomic E-state index is 0.0713. The molecule has 5 rings (SSSR count). The Morgan fingerprint density at radius 2 is 1.67 bits per heavy atom. The van der Waals surface area contributed by atoms with Crippen LogP contribution in [-0.4, -0.2) is 30.8 Å². The standard InChI is InChI=1S/C28H27N5O2S/c1-19(2)16-17-32-26(35)22-13-7-9-15-24(22)33-27(32)30-31-28(33)36-18-25(34)29-23-14-8-6-12-21(23)20-10-4-3-5-11-20/h3-15,19H,16-18H2,1-2H3,(H,29,34). The van der Waals surface area contributed by atoms with Crippen LogP contribution in [0.15, 0.2) is 88.8 Å². The number of carbonyl (C=O) groups excluding carboxylic acids is 1. The molecule has 36 heavy (non-hydrogen) atoms. The monoisotopic (exact) mass is 497 g/mol. The number of hydrogen-bond acceptors (Lipinski definition) is 5. The average molecular weight is 498 g/mol. The van der Waals surface area contributed by atoms with E-state index in [1.54, 1.807) is 4.57 Å². The van der Waals surface area contributed by atoms with E-state index in [2.05, 4.69) is 29.4 Å². The van der Waals surface area contributed by atoms with E-state index in [0.29, 0.717) is 28.8 Å². The average Bonchev–Trinajstić information content (AvgIpc) is 3.32. The summed E-state index contributed by atoms with van der Waals surface area (Å²) in [7, 11) is 0. The number of fused-ring (bicyclic) bond motifs is 3. The van der Waals surface area contributed by atoms with Crippen LogP contribution in [0.2, 0.25) is 0 Å². The molecule has 0 saturated carbocycles. The zero-order valence-corrected chi connectivity index (χ0v) is 21.0. The fourth-order valence-corrected chi connectivity index (χ4v) is 4.93. The highest BCUT2D eigenvalue weighted by atomic mass is 32.2.